The van der Waals surface area contributed by atoms with Crippen molar-refractivity contribution in [2.45, 2.75) is 51.3 Å². The van der Waals surface area contributed by atoms with Crippen LogP contribution in [0.2, 0.25) is 10.0 Å². The molecule has 0 saturated carbocycles. The highest BCUT2D eigenvalue weighted by molar-refractivity contribution is 7.11. The van der Waals surface area contributed by atoms with Crippen molar-refractivity contribution < 1.29 is 23.9 Å². The predicted octanol–water partition coefficient (Wildman–Crippen LogP) is 6.61. The summed E-state index contributed by atoms with van der Waals surface area (Å²) in [5.41, 5.74) is 2.36. The van der Waals surface area contributed by atoms with Crippen LogP contribution < -0.4 is 5.32 Å². The van der Waals surface area contributed by atoms with Crippen LogP contribution in [0.15, 0.2) is 48.8 Å². The Morgan fingerprint density at radius 2 is 1.98 bits per heavy atom. The fraction of sp³-hybridized carbons (Fsp3) is 0.375. The molecule has 9 nitrogen and oxygen atoms in total. The number of fused-ring (bicyclic) bond motifs is 1. The number of nitrogens with one attached hydrogen (secondary N) is 1. The molecule has 1 amide bonds. The van der Waals surface area contributed by atoms with Crippen molar-refractivity contribution in [2.75, 3.05) is 25.6 Å². The van der Waals surface area contributed by atoms with E-state index in [0.29, 0.717) is 47.8 Å². The minimum atomic E-state index is -0.782. The summed E-state index contributed by atoms with van der Waals surface area (Å²) in [6.07, 6.45) is 5.39. The quantitative estimate of drug-likeness (QED) is 0.171. The molecule has 4 aromatic rings. The van der Waals surface area contributed by atoms with E-state index < -0.39 is 6.23 Å². The van der Waals surface area contributed by atoms with Gasteiger partial charge in [0, 0.05) is 59.8 Å². The lowest BCUT2D eigenvalue weighted by atomic mass is 10.1. The number of halogens is 2. The van der Waals surface area contributed by atoms with Gasteiger partial charge in [0.1, 0.15) is 5.01 Å². The third-order valence-corrected chi connectivity index (χ3v) is 9.57. The first kappa shape index (κ1) is 32.1. The third-order valence-electron chi connectivity index (χ3n) is 7.75. The Morgan fingerprint density at radius 1 is 1.18 bits per heavy atom. The molecule has 1 saturated heterocycles. The Bertz CT molecular complexity index is 1690. The first-order valence-electron chi connectivity index (χ1n) is 14.4. The minimum absolute atomic E-state index is 0.00619. The van der Waals surface area contributed by atoms with Crippen LogP contribution in [0.1, 0.15) is 58.0 Å². The molecule has 0 radical (unpaired) electrons. The SMILES string of the molecule is CCOC(C(=O)Cc1cc(Cl)c(NC(=O)c2cn(C)c3ccccc23)cc1Cl)N1CCC[C@H]1c1ncc(CCC(=O)OC)s1. The van der Waals surface area contributed by atoms with Gasteiger partial charge in [0.2, 0.25) is 0 Å². The molecule has 2 aromatic carbocycles. The van der Waals surface area contributed by atoms with Gasteiger partial charge in [0.25, 0.3) is 5.91 Å². The van der Waals surface area contributed by atoms with Crippen molar-refractivity contribution in [3.63, 3.8) is 0 Å². The second kappa shape index (κ2) is 14.2. The zero-order valence-corrected chi connectivity index (χ0v) is 27.1. The Balaban J connectivity index is 1.29. The second-order valence-corrected chi connectivity index (χ2v) is 12.6. The molecule has 0 aliphatic carbocycles. The van der Waals surface area contributed by atoms with Crippen LogP contribution in [0.5, 0.6) is 0 Å². The number of rotatable bonds is 12. The molecule has 232 valence electrons. The van der Waals surface area contributed by atoms with E-state index in [0.717, 1.165) is 33.6 Å². The Hall–Kier alpha value is -3.28. The summed E-state index contributed by atoms with van der Waals surface area (Å²) in [6, 6.07) is 10.8. The Morgan fingerprint density at radius 3 is 2.75 bits per heavy atom. The molecule has 5 rings (SSSR count). The topological polar surface area (TPSA) is 103 Å². The van der Waals surface area contributed by atoms with E-state index in [4.69, 9.17) is 32.7 Å². The number of amides is 1. The second-order valence-electron chi connectivity index (χ2n) is 10.6. The number of aromatic nitrogens is 2. The number of ketones is 1. The third kappa shape index (κ3) is 7.00. The number of carbonyl (C=O) groups excluding carboxylic acids is 3. The summed E-state index contributed by atoms with van der Waals surface area (Å²) in [6.45, 7) is 2.90. The summed E-state index contributed by atoms with van der Waals surface area (Å²) in [5, 5.41) is 5.19. The zero-order chi connectivity index (χ0) is 31.4. The molecule has 44 heavy (non-hydrogen) atoms. The average molecular weight is 658 g/mol. The van der Waals surface area contributed by atoms with Crippen molar-refractivity contribution in [1.29, 1.82) is 0 Å². The summed E-state index contributed by atoms with van der Waals surface area (Å²) < 4.78 is 12.6. The lowest BCUT2D eigenvalue weighted by molar-refractivity contribution is -0.144. The fourth-order valence-electron chi connectivity index (χ4n) is 5.59. The van der Waals surface area contributed by atoms with Gasteiger partial charge in [-0.1, -0.05) is 41.4 Å². The van der Waals surface area contributed by atoms with Gasteiger partial charge < -0.3 is 19.4 Å². The van der Waals surface area contributed by atoms with Crippen LogP contribution in [-0.2, 0) is 39.0 Å². The number of nitrogens with zero attached hydrogens (tertiary/aromatic N) is 3. The van der Waals surface area contributed by atoms with Crippen LogP contribution >= 0.6 is 34.5 Å². The average Bonchev–Trinajstić information content (AvgIpc) is 3.76. The van der Waals surface area contributed by atoms with E-state index in [1.54, 1.807) is 35.9 Å². The van der Waals surface area contributed by atoms with E-state index in [1.165, 1.54) is 7.11 Å². The number of benzene rings is 2. The molecule has 1 fully saturated rings. The highest BCUT2D eigenvalue weighted by Crippen LogP contribution is 2.37. The summed E-state index contributed by atoms with van der Waals surface area (Å²) in [4.78, 5) is 46.1. The molecule has 2 aromatic heterocycles. The summed E-state index contributed by atoms with van der Waals surface area (Å²) in [7, 11) is 3.26. The Labute approximate surface area is 270 Å². The standard InChI is InChI=1S/C32H34Cl2N4O5S/c1-4-43-32(38-13-7-10-27(38)31-35-17-20(44-31)11-12-29(40)42-3)28(39)15-19-14-24(34)25(16-23(19)33)36-30(41)22-18-37(2)26-9-6-5-8-21(22)26/h5-6,8-9,14,16-18,27,32H,4,7,10-13,15H2,1-3H3,(H,36,41)/t27-,32?/m0/s1. The molecule has 0 bridgehead atoms. The number of Topliss-reactive ketones (excluding diaryl/α,β-unsaturated/α-hetero) is 1. The molecule has 2 atom stereocenters. The van der Waals surface area contributed by atoms with Crippen LogP contribution in [0.4, 0.5) is 5.69 Å². The van der Waals surface area contributed by atoms with E-state index in [9.17, 15) is 14.4 Å². The smallest absolute Gasteiger partial charge is 0.305 e. The normalized spacial score (nSPS) is 15.9. The minimum Gasteiger partial charge on any atom is -0.469 e. The molecular weight excluding hydrogens is 623 g/mol. The van der Waals surface area contributed by atoms with Crippen molar-refractivity contribution in [1.82, 2.24) is 14.5 Å². The maximum Gasteiger partial charge on any atom is 0.305 e. The number of hydrogen-bond donors (Lipinski definition) is 1. The number of ether oxygens (including phenoxy) is 2. The van der Waals surface area contributed by atoms with E-state index in [-0.39, 0.29) is 35.1 Å². The fourth-order valence-corrected chi connectivity index (χ4v) is 7.13. The zero-order valence-electron chi connectivity index (χ0n) is 24.8. The molecular formula is C32H34Cl2N4O5S. The van der Waals surface area contributed by atoms with Crippen LogP contribution in [0, 0.1) is 0 Å². The number of esters is 1. The van der Waals surface area contributed by atoms with Gasteiger partial charge in [-0.3, -0.25) is 19.3 Å². The lowest BCUT2D eigenvalue weighted by Crippen LogP contribution is -2.43. The van der Waals surface area contributed by atoms with Crippen molar-refractivity contribution >= 4 is 68.8 Å². The number of para-hydroxylation sites is 1. The highest BCUT2D eigenvalue weighted by atomic mass is 35.5. The van der Waals surface area contributed by atoms with Gasteiger partial charge in [-0.25, -0.2) is 4.98 Å². The molecule has 1 aliphatic rings. The van der Waals surface area contributed by atoms with Crippen LogP contribution in [0.25, 0.3) is 10.9 Å². The number of thiazole rings is 1. The van der Waals surface area contributed by atoms with Crippen molar-refractivity contribution in [2.24, 2.45) is 7.05 Å². The van der Waals surface area contributed by atoms with Crippen molar-refractivity contribution in [3.05, 3.63) is 79.8 Å². The van der Waals surface area contributed by atoms with Crippen LogP contribution in [-0.4, -0.2) is 58.6 Å². The molecule has 1 unspecified atom stereocenters. The lowest BCUT2D eigenvalue weighted by Gasteiger charge is -2.31. The van der Waals surface area contributed by atoms with Gasteiger partial charge in [-0.15, -0.1) is 11.3 Å². The summed E-state index contributed by atoms with van der Waals surface area (Å²) >= 11 is 14.8. The predicted molar refractivity (Wildman–Crippen MR) is 173 cm³/mol. The number of anilines is 1. The first-order chi connectivity index (χ1) is 21.2. The number of methoxy groups -OCH3 is 1. The van der Waals surface area contributed by atoms with E-state index >= 15 is 0 Å². The van der Waals surface area contributed by atoms with Gasteiger partial charge in [0.05, 0.1) is 35.8 Å². The number of likely N-dealkylation sites (tertiary alicyclic amines) is 1. The molecule has 1 aliphatic heterocycles. The van der Waals surface area contributed by atoms with Gasteiger partial charge in [-0.05, 0) is 49.9 Å². The van der Waals surface area contributed by atoms with Gasteiger partial charge in [-0.2, -0.15) is 0 Å². The monoisotopic (exact) mass is 656 g/mol. The molecule has 1 N–H and O–H groups in total. The number of hydrogen-bond acceptors (Lipinski definition) is 8. The van der Waals surface area contributed by atoms with Gasteiger partial charge >= 0.3 is 5.97 Å². The van der Waals surface area contributed by atoms with Crippen molar-refractivity contribution in [3.8, 4) is 0 Å². The maximum atomic E-state index is 13.7. The maximum absolute atomic E-state index is 13.7. The summed E-state index contributed by atoms with van der Waals surface area (Å²) in [5.74, 6) is -0.717. The van der Waals surface area contributed by atoms with E-state index in [2.05, 4.69) is 15.2 Å². The highest BCUT2D eigenvalue weighted by Gasteiger charge is 2.37. The molecule has 0 spiro atoms. The Kier molecular flexibility index (Phi) is 10.4. The molecule has 3 heterocycles. The molecule has 12 heteroatoms. The van der Waals surface area contributed by atoms with E-state index in [1.807, 2.05) is 42.8 Å². The number of aryl methyl sites for hydroxylation is 2. The van der Waals surface area contributed by atoms with Gasteiger partial charge in [0.15, 0.2) is 12.0 Å². The van der Waals surface area contributed by atoms with Crippen LogP contribution in [0.3, 0.4) is 0 Å². The largest absolute Gasteiger partial charge is 0.469 e. The number of carbonyl (C=O) groups is 3. The first-order valence-corrected chi connectivity index (χ1v) is 16.0.